The summed E-state index contributed by atoms with van der Waals surface area (Å²) in [5.74, 6) is 0.0753. The average Bonchev–Trinajstić information content (AvgIpc) is 2.69. The van der Waals surface area contributed by atoms with Crippen molar-refractivity contribution in [2.24, 2.45) is 10.1 Å². The summed E-state index contributed by atoms with van der Waals surface area (Å²) in [6.07, 6.45) is 1.94. The molecule has 7 heteroatoms. The lowest BCUT2D eigenvalue weighted by molar-refractivity contribution is -0.116. The smallest absolute Gasteiger partial charge is 0.224 e. The van der Waals surface area contributed by atoms with Crippen LogP contribution in [-0.4, -0.2) is 22.5 Å². The van der Waals surface area contributed by atoms with Crippen molar-refractivity contribution >= 4 is 39.9 Å². The number of amidine groups is 1. The van der Waals surface area contributed by atoms with Crippen LogP contribution in [0.4, 0.5) is 15.8 Å². The van der Waals surface area contributed by atoms with Crippen molar-refractivity contribution in [1.82, 2.24) is 5.43 Å². The number of thioether (sulfide) groups is 1. The highest BCUT2D eigenvalue weighted by Gasteiger charge is 2.22. The third-order valence-corrected chi connectivity index (χ3v) is 5.82. The van der Waals surface area contributed by atoms with Crippen molar-refractivity contribution in [3.05, 3.63) is 58.4 Å². The van der Waals surface area contributed by atoms with Crippen LogP contribution in [-0.2, 0) is 17.6 Å². The number of rotatable bonds is 3. The monoisotopic (exact) mass is 396 g/mol. The Morgan fingerprint density at radius 3 is 2.89 bits per heavy atom. The third-order valence-electron chi connectivity index (χ3n) is 4.95. The number of para-hydroxylation sites is 1. The Labute approximate surface area is 167 Å². The molecule has 0 radical (unpaired) electrons. The molecule has 0 saturated heterocycles. The van der Waals surface area contributed by atoms with Gasteiger partial charge in [-0.15, -0.1) is 0 Å². The van der Waals surface area contributed by atoms with E-state index in [9.17, 15) is 9.18 Å². The molecule has 0 atom stereocenters. The fraction of sp³-hybridized carbons (Fsp3) is 0.286. The lowest BCUT2D eigenvalue weighted by atomic mass is 9.98. The van der Waals surface area contributed by atoms with Gasteiger partial charge in [0.05, 0.1) is 11.4 Å². The van der Waals surface area contributed by atoms with E-state index in [1.807, 2.05) is 19.1 Å². The zero-order valence-electron chi connectivity index (χ0n) is 15.8. The van der Waals surface area contributed by atoms with Crippen LogP contribution in [0.3, 0.4) is 0 Å². The SMILES string of the molecule is CCc1cccc(C)c1N=C1NN=C(c2cc3c(cc2F)NC(=O)CC3)CS1. The Balaban J connectivity index is 1.59. The molecule has 144 valence electrons. The molecule has 2 aliphatic rings. The molecule has 0 aliphatic carbocycles. The summed E-state index contributed by atoms with van der Waals surface area (Å²) in [4.78, 5) is 16.2. The van der Waals surface area contributed by atoms with Crippen LogP contribution in [0.1, 0.15) is 35.6 Å². The van der Waals surface area contributed by atoms with Gasteiger partial charge in [0.25, 0.3) is 0 Å². The lowest BCUT2D eigenvalue weighted by Gasteiger charge is -2.20. The number of hydrazone groups is 1. The minimum absolute atomic E-state index is 0.0737. The molecular weight excluding hydrogens is 375 g/mol. The van der Waals surface area contributed by atoms with Gasteiger partial charge in [-0.1, -0.05) is 36.9 Å². The number of aryl methyl sites for hydroxylation is 3. The molecule has 0 spiro atoms. The normalized spacial score (nSPS) is 17.6. The van der Waals surface area contributed by atoms with Crippen molar-refractivity contribution < 1.29 is 9.18 Å². The number of halogens is 1. The molecule has 5 nitrogen and oxygen atoms in total. The number of hydrogen-bond acceptors (Lipinski definition) is 4. The van der Waals surface area contributed by atoms with Crippen LogP contribution in [0.15, 0.2) is 40.4 Å². The Morgan fingerprint density at radius 1 is 1.29 bits per heavy atom. The molecule has 4 rings (SSSR count). The zero-order valence-corrected chi connectivity index (χ0v) is 16.6. The predicted octanol–water partition coefficient (Wildman–Crippen LogP) is 4.31. The number of carbonyl (C=O) groups is 1. The predicted molar refractivity (Wildman–Crippen MR) is 113 cm³/mol. The highest BCUT2D eigenvalue weighted by molar-refractivity contribution is 8.14. The molecule has 0 aromatic heterocycles. The van der Waals surface area contributed by atoms with E-state index in [2.05, 4.69) is 28.8 Å². The fourth-order valence-corrected chi connectivity index (χ4v) is 4.16. The first-order valence-corrected chi connectivity index (χ1v) is 10.3. The quantitative estimate of drug-likeness (QED) is 0.813. The van der Waals surface area contributed by atoms with Gasteiger partial charge >= 0.3 is 0 Å². The largest absolute Gasteiger partial charge is 0.326 e. The number of anilines is 1. The summed E-state index contributed by atoms with van der Waals surface area (Å²) in [6.45, 7) is 4.15. The van der Waals surface area contributed by atoms with Crippen LogP contribution >= 0.6 is 11.8 Å². The van der Waals surface area contributed by atoms with E-state index in [0.29, 0.717) is 40.7 Å². The van der Waals surface area contributed by atoms with E-state index >= 15 is 0 Å². The molecule has 0 saturated carbocycles. The van der Waals surface area contributed by atoms with Gasteiger partial charge in [0.2, 0.25) is 5.91 Å². The first-order chi connectivity index (χ1) is 13.5. The molecule has 28 heavy (non-hydrogen) atoms. The molecule has 2 aromatic carbocycles. The summed E-state index contributed by atoms with van der Waals surface area (Å²) >= 11 is 1.51. The molecule has 2 N–H and O–H groups in total. The molecular formula is C21H21FN4OS. The van der Waals surface area contributed by atoms with Crippen LogP contribution < -0.4 is 10.7 Å². The number of benzene rings is 2. The summed E-state index contributed by atoms with van der Waals surface area (Å²) in [6, 6.07) is 9.35. The number of fused-ring (bicyclic) bond motifs is 1. The van der Waals surface area contributed by atoms with Gasteiger partial charge in [0.15, 0.2) is 5.17 Å². The van der Waals surface area contributed by atoms with Gasteiger partial charge in [-0.2, -0.15) is 5.10 Å². The molecule has 0 unspecified atom stereocenters. The Kier molecular flexibility index (Phi) is 5.17. The number of hydrogen-bond donors (Lipinski definition) is 2. The first-order valence-electron chi connectivity index (χ1n) is 9.30. The topological polar surface area (TPSA) is 65.8 Å². The number of carbonyl (C=O) groups excluding carboxylic acids is 1. The summed E-state index contributed by atoms with van der Waals surface area (Å²) in [7, 11) is 0. The molecule has 0 fully saturated rings. The Morgan fingerprint density at radius 2 is 2.14 bits per heavy atom. The molecule has 2 heterocycles. The lowest BCUT2D eigenvalue weighted by Crippen LogP contribution is -2.26. The van der Waals surface area contributed by atoms with Gasteiger partial charge in [0, 0.05) is 23.4 Å². The van der Waals surface area contributed by atoms with Crippen molar-refractivity contribution in [1.29, 1.82) is 0 Å². The minimum atomic E-state index is -0.380. The van der Waals surface area contributed by atoms with Crippen LogP contribution in [0.2, 0.25) is 0 Å². The molecule has 2 aromatic rings. The van der Waals surface area contributed by atoms with Gasteiger partial charge < -0.3 is 5.32 Å². The van der Waals surface area contributed by atoms with Gasteiger partial charge in [-0.05, 0) is 48.6 Å². The Bertz CT molecular complexity index is 1020. The van der Waals surface area contributed by atoms with Crippen LogP contribution in [0, 0.1) is 12.7 Å². The standard InChI is InChI=1S/C21H21FN4OS/c1-3-13-6-4-5-12(2)20(13)24-21-26-25-18(11-28-21)15-9-14-7-8-19(27)23-17(14)10-16(15)22/h4-6,9-10H,3,7-8,11H2,1-2H3,(H,23,27)(H,24,26). The van der Waals surface area contributed by atoms with E-state index in [-0.39, 0.29) is 11.7 Å². The second-order valence-corrected chi connectivity index (χ2v) is 7.81. The molecule has 0 bridgehead atoms. The average molecular weight is 396 g/mol. The van der Waals surface area contributed by atoms with E-state index < -0.39 is 0 Å². The number of nitrogens with zero attached hydrogens (tertiary/aromatic N) is 2. The molecule has 2 aliphatic heterocycles. The zero-order chi connectivity index (χ0) is 19.7. The summed E-state index contributed by atoms with van der Waals surface area (Å²) in [5.41, 5.74) is 8.86. The van der Waals surface area contributed by atoms with Crippen LogP contribution in [0.5, 0.6) is 0 Å². The highest BCUT2D eigenvalue weighted by atomic mass is 32.2. The van der Waals surface area contributed by atoms with Crippen molar-refractivity contribution in [2.45, 2.75) is 33.1 Å². The maximum atomic E-state index is 14.6. The minimum Gasteiger partial charge on any atom is -0.326 e. The van der Waals surface area contributed by atoms with Crippen molar-refractivity contribution in [2.75, 3.05) is 11.1 Å². The van der Waals surface area contributed by atoms with Crippen LogP contribution in [0.25, 0.3) is 0 Å². The maximum Gasteiger partial charge on any atom is 0.224 e. The maximum absolute atomic E-state index is 14.6. The van der Waals surface area contributed by atoms with Gasteiger partial charge in [0.1, 0.15) is 5.82 Å². The number of nitrogens with one attached hydrogen (secondary N) is 2. The fourth-order valence-electron chi connectivity index (χ4n) is 3.40. The van der Waals surface area contributed by atoms with Crippen molar-refractivity contribution in [3.8, 4) is 0 Å². The van der Waals surface area contributed by atoms with E-state index in [4.69, 9.17) is 4.99 Å². The summed E-state index contributed by atoms with van der Waals surface area (Å²) < 4.78 is 14.6. The van der Waals surface area contributed by atoms with E-state index in [0.717, 1.165) is 23.2 Å². The first kappa shape index (κ1) is 18.7. The van der Waals surface area contributed by atoms with Crippen molar-refractivity contribution in [3.63, 3.8) is 0 Å². The Hall–Kier alpha value is -2.67. The summed E-state index contributed by atoms with van der Waals surface area (Å²) in [5, 5.41) is 7.80. The second kappa shape index (κ2) is 7.75. The van der Waals surface area contributed by atoms with Gasteiger partial charge in [-0.25, -0.2) is 9.38 Å². The highest BCUT2D eigenvalue weighted by Crippen LogP contribution is 2.29. The molecule has 1 amide bonds. The number of amides is 1. The second-order valence-electron chi connectivity index (χ2n) is 6.85. The van der Waals surface area contributed by atoms with E-state index in [1.165, 1.54) is 23.4 Å². The number of aliphatic imine (C=N–C) groups is 1. The third kappa shape index (κ3) is 3.67. The van der Waals surface area contributed by atoms with E-state index in [1.54, 1.807) is 6.07 Å². The van der Waals surface area contributed by atoms with Gasteiger partial charge in [-0.3, -0.25) is 10.2 Å².